The third kappa shape index (κ3) is 3.31. The van der Waals surface area contributed by atoms with E-state index in [0.29, 0.717) is 39.3 Å². The minimum absolute atomic E-state index is 0.0184. The molecule has 0 saturated carbocycles. The molecule has 0 aliphatic carbocycles. The van der Waals surface area contributed by atoms with E-state index >= 15 is 0 Å². The van der Waals surface area contributed by atoms with Gasteiger partial charge in [0.15, 0.2) is 17.0 Å². The molecule has 0 aliphatic heterocycles. The van der Waals surface area contributed by atoms with Gasteiger partial charge in [0.1, 0.15) is 0 Å². The zero-order chi connectivity index (χ0) is 17.1. The zero-order valence-electron chi connectivity index (χ0n) is 12.9. The number of hydrogen-bond acceptors (Lipinski definition) is 8. The van der Waals surface area contributed by atoms with Crippen molar-refractivity contribution in [2.75, 3.05) is 23.0 Å². The van der Waals surface area contributed by atoms with Gasteiger partial charge < -0.3 is 21.5 Å². The van der Waals surface area contributed by atoms with Gasteiger partial charge in [0.25, 0.3) is 0 Å². The number of aromatic nitrogens is 5. The molecule has 6 N–H and O–H groups in total. The Morgan fingerprint density at radius 1 is 1.38 bits per heavy atom. The summed E-state index contributed by atoms with van der Waals surface area (Å²) in [5.74, 6) is 0.823. The minimum atomic E-state index is -0.142. The van der Waals surface area contributed by atoms with Gasteiger partial charge in [-0.2, -0.15) is 9.97 Å². The minimum Gasteiger partial charge on any atom is -0.398 e. The van der Waals surface area contributed by atoms with E-state index in [4.69, 9.17) is 17.3 Å². The smallest absolute Gasteiger partial charge is 0.227 e. The van der Waals surface area contributed by atoms with Crippen molar-refractivity contribution in [2.45, 2.75) is 19.4 Å². The molecule has 0 aliphatic rings. The van der Waals surface area contributed by atoms with E-state index in [2.05, 4.69) is 36.0 Å². The summed E-state index contributed by atoms with van der Waals surface area (Å²) in [7, 11) is 0. The summed E-state index contributed by atoms with van der Waals surface area (Å²) < 4.78 is 0. The highest BCUT2D eigenvalue weighted by Gasteiger charge is 2.14. The van der Waals surface area contributed by atoms with Gasteiger partial charge in [-0.3, -0.25) is 0 Å². The van der Waals surface area contributed by atoms with E-state index in [9.17, 15) is 5.11 Å². The van der Waals surface area contributed by atoms with Crippen LogP contribution in [0.2, 0.25) is 5.02 Å². The Balaban J connectivity index is 1.96. The molecule has 24 heavy (non-hydrogen) atoms. The maximum atomic E-state index is 9.33. The summed E-state index contributed by atoms with van der Waals surface area (Å²) in [6.45, 7) is 1.94. The number of H-pyrrole nitrogens is 1. The molecule has 1 atom stereocenters. The normalized spacial score (nSPS) is 12.3. The van der Waals surface area contributed by atoms with Gasteiger partial charge in [-0.25, -0.2) is 5.10 Å². The van der Waals surface area contributed by atoms with E-state index in [1.807, 2.05) is 6.92 Å². The SMILES string of the molecule is CCC(CO)Nc1nc(Nc2ccc(N)c(Cl)c2)c2nn[nH]c2n1. The molecule has 3 aromatic rings. The Hall–Kier alpha value is -2.65. The summed E-state index contributed by atoms with van der Waals surface area (Å²) in [5, 5.41) is 26.4. The van der Waals surface area contributed by atoms with Crippen molar-refractivity contribution in [3.63, 3.8) is 0 Å². The molecule has 1 aromatic carbocycles. The lowest BCUT2D eigenvalue weighted by Crippen LogP contribution is -2.24. The largest absolute Gasteiger partial charge is 0.398 e. The Kier molecular flexibility index (Phi) is 4.63. The standard InChI is InChI=1S/C14H17ClN8O/c1-2-7(6-24)18-14-19-12(11-13(20-14)22-23-21-11)17-8-3-4-10(16)9(15)5-8/h3-5,7,24H,2,6,16H2,1H3,(H3,17,18,19,20,21,22,23). The van der Waals surface area contributed by atoms with Gasteiger partial charge in [-0.1, -0.05) is 23.7 Å². The van der Waals surface area contributed by atoms with Crippen LogP contribution in [0, 0.1) is 0 Å². The van der Waals surface area contributed by atoms with Crippen LogP contribution in [-0.2, 0) is 0 Å². The van der Waals surface area contributed by atoms with E-state index in [-0.39, 0.29) is 12.6 Å². The average Bonchev–Trinajstić information content (AvgIpc) is 3.05. The second kappa shape index (κ2) is 6.85. The lowest BCUT2D eigenvalue weighted by molar-refractivity contribution is 0.271. The van der Waals surface area contributed by atoms with Gasteiger partial charge in [0.2, 0.25) is 5.95 Å². The molecule has 9 nitrogen and oxygen atoms in total. The number of fused-ring (bicyclic) bond motifs is 1. The third-order valence-corrected chi connectivity index (χ3v) is 3.83. The fourth-order valence-electron chi connectivity index (χ4n) is 2.10. The van der Waals surface area contributed by atoms with Crippen molar-refractivity contribution >= 4 is 45.9 Å². The Labute approximate surface area is 142 Å². The predicted octanol–water partition coefficient (Wildman–Crippen LogP) is 1.91. The highest BCUT2D eigenvalue weighted by molar-refractivity contribution is 6.33. The molecular formula is C14H17ClN8O. The van der Waals surface area contributed by atoms with Crippen LogP contribution in [0.5, 0.6) is 0 Å². The third-order valence-electron chi connectivity index (χ3n) is 3.50. The van der Waals surface area contributed by atoms with E-state index in [1.54, 1.807) is 18.2 Å². The van der Waals surface area contributed by atoms with Crippen LogP contribution in [-0.4, -0.2) is 43.1 Å². The number of nitrogen functional groups attached to an aromatic ring is 1. The number of halogens is 1. The molecule has 0 amide bonds. The molecule has 0 fully saturated rings. The highest BCUT2D eigenvalue weighted by Crippen LogP contribution is 2.27. The van der Waals surface area contributed by atoms with Crippen LogP contribution in [0.4, 0.5) is 23.1 Å². The van der Waals surface area contributed by atoms with E-state index < -0.39 is 0 Å². The maximum absolute atomic E-state index is 9.33. The quantitative estimate of drug-likeness (QED) is 0.426. The fraction of sp³-hybridized carbons (Fsp3) is 0.286. The van der Waals surface area contributed by atoms with Crippen molar-refractivity contribution in [3.05, 3.63) is 23.2 Å². The number of nitrogens with two attached hydrogens (primary N) is 1. The summed E-state index contributed by atoms with van der Waals surface area (Å²) in [6.07, 6.45) is 0.732. The number of anilines is 4. The van der Waals surface area contributed by atoms with Crippen molar-refractivity contribution in [1.29, 1.82) is 0 Å². The molecule has 1 unspecified atom stereocenters. The van der Waals surface area contributed by atoms with Crippen LogP contribution in [0.25, 0.3) is 11.2 Å². The van der Waals surface area contributed by atoms with Crippen molar-refractivity contribution < 1.29 is 5.11 Å². The van der Waals surface area contributed by atoms with Crippen LogP contribution in [0.1, 0.15) is 13.3 Å². The first-order valence-electron chi connectivity index (χ1n) is 7.39. The summed E-state index contributed by atoms with van der Waals surface area (Å²) in [5.41, 5.74) is 7.89. The number of rotatable bonds is 6. The van der Waals surface area contributed by atoms with Crippen LogP contribution >= 0.6 is 11.6 Å². The van der Waals surface area contributed by atoms with Crippen LogP contribution in [0.15, 0.2) is 18.2 Å². The van der Waals surface area contributed by atoms with E-state index in [1.165, 1.54) is 0 Å². The second-order valence-corrected chi connectivity index (χ2v) is 5.61. The Morgan fingerprint density at radius 3 is 2.92 bits per heavy atom. The van der Waals surface area contributed by atoms with Gasteiger partial charge in [0, 0.05) is 5.69 Å². The monoisotopic (exact) mass is 348 g/mol. The zero-order valence-corrected chi connectivity index (χ0v) is 13.7. The van der Waals surface area contributed by atoms with E-state index in [0.717, 1.165) is 6.42 Å². The number of aliphatic hydroxyl groups is 1. The van der Waals surface area contributed by atoms with Crippen molar-refractivity contribution in [3.8, 4) is 0 Å². The molecule has 10 heteroatoms. The maximum Gasteiger partial charge on any atom is 0.227 e. The van der Waals surface area contributed by atoms with Gasteiger partial charge in [0.05, 0.1) is 23.4 Å². The molecule has 0 saturated heterocycles. The predicted molar refractivity (Wildman–Crippen MR) is 93.4 cm³/mol. The highest BCUT2D eigenvalue weighted by atomic mass is 35.5. The van der Waals surface area contributed by atoms with Crippen molar-refractivity contribution in [1.82, 2.24) is 25.4 Å². The Morgan fingerprint density at radius 2 is 2.21 bits per heavy atom. The summed E-state index contributed by atoms with van der Waals surface area (Å²) in [6, 6.07) is 5.03. The molecule has 3 rings (SSSR count). The number of aliphatic hydroxyl groups excluding tert-OH is 1. The Bertz CT molecular complexity index is 848. The van der Waals surface area contributed by atoms with Gasteiger partial charge in [-0.05, 0) is 24.6 Å². The molecule has 2 aromatic heterocycles. The number of nitrogens with one attached hydrogen (secondary N) is 3. The lowest BCUT2D eigenvalue weighted by atomic mass is 10.2. The van der Waals surface area contributed by atoms with Crippen molar-refractivity contribution in [2.24, 2.45) is 0 Å². The number of nitrogens with zero attached hydrogens (tertiary/aromatic N) is 4. The first-order valence-corrected chi connectivity index (χ1v) is 7.76. The van der Waals surface area contributed by atoms with Gasteiger partial charge >= 0.3 is 0 Å². The fourth-order valence-corrected chi connectivity index (χ4v) is 2.28. The van der Waals surface area contributed by atoms with Crippen LogP contribution < -0.4 is 16.4 Å². The lowest BCUT2D eigenvalue weighted by Gasteiger charge is -2.15. The van der Waals surface area contributed by atoms with Crippen LogP contribution in [0.3, 0.4) is 0 Å². The molecule has 0 spiro atoms. The molecule has 2 heterocycles. The topological polar surface area (TPSA) is 138 Å². The summed E-state index contributed by atoms with van der Waals surface area (Å²) >= 11 is 6.04. The summed E-state index contributed by atoms with van der Waals surface area (Å²) in [4.78, 5) is 8.72. The average molecular weight is 349 g/mol. The number of benzene rings is 1. The molecule has 0 bridgehead atoms. The first kappa shape index (κ1) is 16.2. The molecule has 0 radical (unpaired) electrons. The number of hydrogen-bond donors (Lipinski definition) is 5. The number of aromatic amines is 1. The first-order chi connectivity index (χ1) is 11.6. The molecule has 126 valence electrons. The van der Waals surface area contributed by atoms with Gasteiger partial charge in [-0.15, -0.1) is 5.10 Å². The molecular weight excluding hydrogens is 332 g/mol. The second-order valence-electron chi connectivity index (χ2n) is 5.20.